The third-order valence-electron chi connectivity index (χ3n) is 2.86. The molecule has 108 valence electrons. The number of nitrogens with one attached hydrogen (secondary N) is 2. The van der Waals surface area contributed by atoms with Crippen molar-refractivity contribution < 1.29 is 9.59 Å². The fourth-order valence-corrected chi connectivity index (χ4v) is 2.00. The second-order valence-electron chi connectivity index (χ2n) is 4.31. The quantitative estimate of drug-likeness (QED) is 0.341. The van der Waals surface area contributed by atoms with Gasteiger partial charge in [-0.15, -0.1) is 0 Å². The number of hydrogen-bond donors (Lipinski definition) is 3. The topological polar surface area (TPSA) is 84.2 Å². The number of carbonyl (C=O) groups excluding carboxylic acids is 2. The maximum Gasteiger partial charge on any atom is 0.253 e. The molecule has 0 bridgehead atoms. The molecule has 0 unspecified atom stereocenters. The predicted molar refractivity (Wildman–Crippen MR) is 82.1 cm³/mol. The highest BCUT2D eigenvalue weighted by atomic mass is 35.5. The van der Waals surface area contributed by atoms with Crippen molar-refractivity contribution in [3.63, 3.8) is 0 Å². The Hall–Kier alpha value is -2.37. The number of benzene rings is 2. The van der Waals surface area contributed by atoms with Crippen molar-refractivity contribution >= 4 is 29.0 Å². The van der Waals surface area contributed by atoms with Crippen molar-refractivity contribution in [2.45, 2.75) is 0 Å². The molecule has 0 fully saturated rings. The second-order valence-corrected chi connectivity index (χ2v) is 4.74. The summed E-state index contributed by atoms with van der Waals surface area (Å²) in [5.74, 6) is 4.46. The molecule has 2 aromatic carbocycles. The van der Waals surface area contributed by atoms with Gasteiger partial charge in [0.25, 0.3) is 5.91 Å². The van der Waals surface area contributed by atoms with Gasteiger partial charge in [-0.25, -0.2) is 5.84 Å². The zero-order valence-corrected chi connectivity index (χ0v) is 11.9. The molecule has 2 aromatic rings. The van der Waals surface area contributed by atoms with Gasteiger partial charge >= 0.3 is 0 Å². The number of rotatable bonds is 5. The highest BCUT2D eigenvalue weighted by Crippen LogP contribution is 2.23. The number of halogens is 1. The van der Waals surface area contributed by atoms with E-state index in [9.17, 15) is 9.59 Å². The van der Waals surface area contributed by atoms with Gasteiger partial charge < -0.3 is 5.32 Å². The summed E-state index contributed by atoms with van der Waals surface area (Å²) >= 11 is 5.96. The molecule has 2 rings (SSSR count). The van der Waals surface area contributed by atoms with Crippen LogP contribution in [0.4, 0.5) is 5.69 Å². The molecule has 0 heterocycles. The lowest BCUT2D eigenvalue weighted by molar-refractivity contribution is -0.119. The molecule has 0 aliphatic carbocycles. The van der Waals surface area contributed by atoms with Crippen LogP contribution in [0.3, 0.4) is 0 Å². The van der Waals surface area contributed by atoms with Crippen LogP contribution in [-0.4, -0.2) is 18.2 Å². The van der Waals surface area contributed by atoms with Crippen LogP contribution >= 0.6 is 11.6 Å². The Balaban J connectivity index is 2.31. The van der Waals surface area contributed by atoms with Crippen LogP contribution in [0.25, 0.3) is 0 Å². The van der Waals surface area contributed by atoms with E-state index in [1.54, 1.807) is 42.5 Å². The molecule has 1 amide bonds. The molecule has 4 N–H and O–H groups in total. The number of carbonyl (C=O) groups is 2. The molecule has 0 aliphatic heterocycles. The number of hydrazine groups is 1. The molecule has 0 saturated heterocycles. The molecule has 21 heavy (non-hydrogen) atoms. The van der Waals surface area contributed by atoms with Crippen LogP contribution in [0.5, 0.6) is 0 Å². The van der Waals surface area contributed by atoms with Gasteiger partial charge in [-0.3, -0.25) is 15.0 Å². The van der Waals surface area contributed by atoms with Crippen molar-refractivity contribution in [2.24, 2.45) is 5.84 Å². The maximum absolute atomic E-state index is 12.5. The summed E-state index contributed by atoms with van der Waals surface area (Å²) in [4.78, 5) is 23.7. The first-order chi connectivity index (χ1) is 10.1. The zero-order valence-electron chi connectivity index (χ0n) is 11.1. The number of nitrogens with two attached hydrogens (primary N) is 1. The minimum absolute atomic E-state index is 0.0345. The first-order valence-electron chi connectivity index (χ1n) is 6.24. The highest BCUT2D eigenvalue weighted by Gasteiger charge is 2.14. The Morgan fingerprint density at radius 3 is 2.48 bits per heavy atom. The Bertz CT molecular complexity index is 659. The van der Waals surface area contributed by atoms with Gasteiger partial charge in [0.15, 0.2) is 5.78 Å². The molecule has 0 saturated carbocycles. The number of anilines is 1. The van der Waals surface area contributed by atoms with E-state index in [4.69, 9.17) is 17.4 Å². The van der Waals surface area contributed by atoms with Crippen LogP contribution in [0.15, 0.2) is 48.5 Å². The summed E-state index contributed by atoms with van der Waals surface area (Å²) in [5, 5.41) is 3.32. The molecule has 0 atom stereocenters. The lowest BCUT2D eigenvalue weighted by Gasteiger charge is -2.11. The van der Waals surface area contributed by atoms with Crippen LogP contribution in [-0.2, 0) is 4.79 Å². The van der Waals surface area contributed by atoms with Crippen molar-refractivity contribution in [2.75, 3.05) is 11.9 Å². The largest absolute Gasteiger partial charge is 0.376 e. The van der Waals surface area contributed by atoms with Gasteiger partial charge in [-0.2, -0.15) is 0 Å². The van der Waals surface area contributed by atoms with Gasteiger partial charge in [-0.05, 0) is 18.2 Å². The van der Waals surface area contributed by atoms with E-state index in [0.29, 0.717) is 21.8 Å². The SMILES string of the molecule is NNC(=O)CNc1ccc(Cl)cc1C(=O)c1ccccc1. The number of ketones is 1. The van der Waals surface area contributed by atoms with E-state index in [1.807, 2.05) is 11.5 Å². The normalized spacial score (nSPS) is 10.0. The fourth-order valence-electron chi connectivity index (χ4n) is 1.83. The molecule has 0 radical (unpaired) electrons. The molecule has 0 spiro atoms. The Morgan fingerprint density at radius 1 is 1.10 bits per heavy atom. The van der Waals surface area contributed by atoms with Crippen molar-refractivity contribution in [3.8, 4) is 0 Å². The van der Waals surface area contributed by atoms with Gasteiger partial charge in [0.1, 0.15) is 0 Å². The summed E-state index contributed by atoms with van der Waals surface area (Å²) in [7, 11) is 0. The van der Waals surface area contributed by atoms with Crippen LogP contribution in [0, 0.1) is 0 Å². The molecule has 5 nitrogen and oxygen atoms in total. The zero-order chi connectivity index (χ0) is 15.2. The monoisotopic (exact) mass is 303 g/mol. The summed E-state index contributed by atoms with van der Waals surface area (Å²) in [6.07, 6.45) is 0. The molecular weight excluding hydrogens is 290 g/mol. The first-order valence-corrected chi connectivity index (χ1v) is 6.62. The van der Waals surface area contributed by atoms with Gasteiger partial charge in [0.2, 0.25) is 0 Å². The Morgan fingerprint density at radius 2 is 1.81 bits per heavy atom. The Labute approximate surface area is 127 Å². The van der Waals surface area contributed by atoms with Gasteiger partial charge in [0.05, 0.1) is 6.54 Å². The second kappa shape index (κ2) is 6.88. The average Bonchev–Trinajstić information content (AvgIpc) is 2.53. The van der Waals surface area contributed by atoms with E-state index in [-0.39, 0.29) is 18.2 Å². The van der Waals surface area contributed by atoms with Crippen molar-refractivity contribution in [3.05, 3.63) is 64.7 Å². The maximum atomic E-state index is 12.5. The van der Waals surface area contributed by atoms with E-state index < -0.39 is 0 Å². The summed E-state index contributed by atoms with van der Waals surface area (Å²) < 4.78 is 0. The molecule has 0 aliphatic rings. The van der Waals surface area contributed by atoms with E-state index >= 15 is 0 Å². The molecule has 6 heteroatoms. The first kappa shape index (κ1) is 15.0. The molecule has 0 aromatic heterocycles. The minimum Gasteiger partial charge on any atom is -0.376 e. The van der Waals surface area contributed by atoms with Gasteiger partial charge in [0, 0.05) is 21.8 Å². The smallest absolute Gasteiger partial charge is 0.253 e. The standard InChI is InChI=1S/C15H14ClN3O2/c16-11-6-7-13(18-9-14(20)19-17)12(8-11)15(21)10-4-2-1-3-5-10/h1-8,18H,9,17H2,(H,19,20). The average molecular weight is 304 g/mol. The number of amides is 1. The van der Waals surface area contributed by atoms with Crippen molar-refractivity contribution in [1.29, 1.82) is 0 Å². The van der Waals surface area contributed by atoms with Crippen molar-refractivity contribution in [1.82, 2.24) is 5.43 Å². The van der Waals surface area contributed by atoms with Crippen LogP contribution < -0.4 is 16.6 Å². The Kier molecular flexibility index (Phi) is 4.92. The summed E-state index contributed by atoms with van der Waals surface area (Å²) in [6.45, 7) is -0.0345. The van der Waals surface area contributed by atoms with E-state index in [1.165, 1.54) is 0 Å². The lowest BCUT2D eigenvalue weighted by Crippen LogP contribution is -2.35. The summed E-state index contributed by atoms with van der Waals surface area (Å²) in [6, 6.07) is 13.7. The van der Waals surface area contributed by atoms with Crippen LogP contribution in [0.1, 0.15) is 15.9 Å². The van der Waals surface area contributed by atoms with Crippen LogP contribution in [0.2, 0.25) is 5.02 Å². The van der Waals surface area contributed by atoms with E-state index in [2.05, 4.69) is 5.32 Å². The number of hydrogen-bond acceptors (Lipinski definition) is 4. The predicted octanol–water partition coefficient (Wildman–Crippen LogP) is 1.97. The van der Waals surface area contributed by atoms with E-state index in [0.717, 1.165) is 0 Å². The fraction of sp³-hybridized carbons (Fsp3) is 0.0667. The lowest BCUT2D eigenvalue weighted by atomic mass is 10.0. The minimum atomic E-state index is -0.386. The highest BCUT2D eigenvalue weighted by molar-refractivity contribution is 6.31. The summed E-state index contributed by atoms with van der Waals surface area (Å²) in [5.41, 5.74) is 3.49. The molecular formula is C15H14ClN3O2. The van der Waals surface area contributed by atoms with Gasteiger partial charge in [-0.1, -0.05) is 41.9 Å². The third-order valence-corrected chi connectivity index (χ3v) is 3.10. The third kappa shape index (κ3) is 3.81.